The fourth-order valence-electron chi connectivity index (χ4n) is 2.04. The number of benzene rings is 1. The summed E-state index contributed by atoms with van der Waals surface area (Å²) in [6, 6.07) is 1.87. The minimum atomic E-state index is -4.02. The van der Waals surface area contributed by atoms with Gasteiger partial charge in [-0.1, -0.05) is 34.8 Å². The van der Waals surface area contributed by atoms with Crippen LogP contribution in [0, 0.1) is 5.92 Å². The van der Waals surface area contributed by atoms with E-state index < -0.39 is 22.0 Å². The first-order valence-electron chi connectivity index (χ1n) is 6.09. The topological polar surface area (TPSA) is 83.5 Å². The van der Waals surface area contributed by atoms with Gasteiger partial charge in [-0.3, -0.25) is 4.79 Å². The molecule has 2 N–H and O–H groups in total. The van der Waals surface area contributed by atoms with E-state index in [1.807, 2.05) is 0 Å². The van der Waals surface area contributed by atoms with Gasteiger partial charge in [-0.2, -0.15) is 0 Å². The van der Waals surface area contributed by atoms with Gasteiger partial charge in [0.15, 0.2) is 0 Å². The Kier molecular flexibility index (Phi) is 5.05. The Balaban J connectivity index is 2.31. The second-order valence-corrected chi connectivity index (χ2v) is 7.76. The fourth-order valence-corrected chi connectivity index (χ4v) is 4.89. The zero-order chi connectivity index (χ0) is 15.8. The molecule has 2 rings (SSSR count). The number of halogens is 3. The van der Waals surface area contributed by atoms with E-state index in [1.165, 1.54) is 12.1 Å². The molecule has 0 saturated heterocycles. The largest absolute Gasteiger partial charge is 0.481 e. The monoisotopic (exact) mass is 371 g/mol. The van der Waals surface area contributed by atoms with Crippen LogP contribution in [0.1, 0.15) is 19.3 Å². The van der Waals surface area contributed by atoms with Crippen LogP contribution < -0.4 is 4.72 Å². The smallest absolute Gasteiger partial charge is 0.304 e. The second kappa shape index (κ2) is 6.30. The summed E-state index contributed by atoms with van der Waals surface area (Å²) < 4.78 is 27.2. The summed E-state index contributed by atoms with van der Waals surface area (Å²) in [5.41, 5.74) is 0. The lowest BCUT2D eigenvalue weighted by atomic mass is 10.1. The Morgan fingerprint density at radius 3 is 2.24 bits per heavy atom. The van der Waals surface area contributed by atoms with Crippen molar-refractivity contribution in [3.05, 3.63) is 27.2 Å². The van der Waals surface area contributed by atoms with Gasteiger partial charge in [-0.05, 0) is 30.9 Å². The average Bonchev–Trinajstić information content (AvgIpc) is 3.07. The number of carboxylic acid groups (broad SMARTS) is 1. The van der Waals surface area contributed by atoms with E-state index in [-0.39, 0.29) is 32.3 Å². The number of rotatable bonds is 6. The van der Waals surface area contributed by atoms with Gasteiger partial charge < -0.3 is 5.11 Å². The van der Waals surface area contributed by atoms with Crippen molar-refractivity contribution in [1.82, 2.24) is 4.72 Å². The standard InChI is InChI=1S/C12H12Cl3NO4S/c13-7-3-8(14)12(9(15)4-7)21(19,20)16-10(5-11(17)18)6-1-2-6/h3-4,6,10,16H,1-2,5H2,(H,17,18). The molecular weight excluding hydrogens is 361 g/mol. The van der Waals surface area contributed by atoms with Crippen LogP contribution in [0.25, 0.3) is 0 Å². The van der Waals surface area contributed by atoms with Gasteiger partial charge in [0.05, 0.1) is 16.5 Å². The molecule has 5 nitrogen and oxygen atoms in total. The first-order valence-corrected chi connectivity index (χ1v) is 8.71. The first kappa shape index (κ1) is 16.8. The number of carboxylic acids is 1. The number of nitrogens with one attached hydrogen (secondary N) is 1. The molecule has 1 atom stereocenters. The molecule has 1 aromatic rings. The normalized spacial score (nSPS) is 16.7. The van der Waals surface area contributed by atoms with Crippen LogP contribution in [-0.2, 0) is 14.8 Å². The SMILES string of the molecule is O=C(O)CC(NS(=O)(=O)c1c(Cl)cc(Cl)cc1Cl)C1CC1. The first-order chi connectivity index (χ1) is 9.70. The molecule has 0 aromatic heterocycles. The lowest BCUT2D eigenvalue weighted by molar-refractivity contribution is -0.137. The molecule has 21 heavy (non-hydrogen) atoms. The van der Waals surface area contributed by atoms with Crippen molar-refractivity contribution in [2.24, 2.45) is 5.92 Å². The summed E-state index contributed by atoms with van der Waals surface area (Å²) in [5.74, 6) is -1.04. The minimum absolute atomic E-state index is 0.0285. The van der Waals surface area contributed by atoms with E-state index in [0.29, 0.717) is 0 Å². The summed E-state index contributed by atoms with van der Waals surface area (Å²) in [6.07, 6.45) is 1.30. The van der Waals surface area contributed by atoms with E-state index in [0.717, 1.165) is 12.8 Å². The van der Waals surface area contributed by atoms with Crippen molar-refractivity contribution in [2.75, 3.05) is 0 Å². The number of aliphatic carboxylic acids is 1. The van der Waals surface area contributed by atoms with Gasteiger partial charge >= 0.3 is 5.97 Å². The van der Waals surface area contributed by atoms with Crippen LogP contribution in [-0.4, -0.2) is 25.5 Å². The zero-order valence-electron chi connectivity index (χ0n) is 10.6. The predicted octanol–water partition coefficient (Wildman–Crippen LogP) is 3.18. The Hall–Kier alpha value is -0.530. The number of sulfonamides is 1. The molecule has 0 spiro atoms. The Labute approximate surface area is 137 Å². The van der Waals surface area contributed by atoms with Crippen molar-refractivity contribution < 1.29 is 18.3 Å². The van der Waals surface area contributed by atoms with Crippen LogP contribution in [0.15, 0.2) is 17.0 Å². The molecule has 1 aliphatic carbocycles. The van der Waals surface area contributed by atoms with Crippen molar-refractivity contribution in [3.8, 4) is 0 Å². The molecule has 0 aliphatic heterocycles. The van der Waals surface area contributed by atoms with Gasteiger partial charge in [-0.25, -0.2) is 13.1 Å². The molecule has 0 bridgehead atoms. The van der Waals surface area contributed by atoms with Gasteiger partial charge in [0.25, 0.3) is 0 Å². The average molecular weight is 373 g/mol. The molecule has 9 heteroatoms. The number of carbonyl (C=O) groups is 1. The maximum absolute atomic E-state index is 12.4. The Bertz CT molecular complexity index is 650. The van der Waals surface area contributed by atoms with E-state index in [1.54, 1.807) is 0 Å². The Morgan fingerprint density at radius 1 is 1.29 bits per heavy atom. The van der Waals surface area contributed by atoms with Gasteiger partial charge in [0.2, 0.25) is 10.0 Å². The third-order valence-corrected chi connectivity index (χ3v) is 5.75. The van der Waals surface area contributed by atoms with Crippen molar-refractivity contribution >= 4 is 50.8 Å². The molecule has 1 fully saturated rings. The predicted molar refractivity (Wildman–Crippen MR) is 80.6 cm³/mol. The molecular formula is C12H12Cl3NO4S. The maximum Gasteiger partial charge on any atom is 0.304 e. The zero-order valence-corrected chi connectivity index (χ0v) is 13.7. The van der Waals surface area contributed by atoms with Crippen molar-refractivity contribution in [1.29, 1.82) is 0 Å². The quantitative estimate of drug-likeness (QED) is 0.803. The molecule has 1 unspecified atom stereocenters. The van der Waals surface area contributed by atoms with Crippen LogP contribution in [0.4, 0.5) is 0 Å². The number of hydrogen-bond acceptors (Lipinski definition) is 3. The molecule has 1 saturated carbocycles. The second-order valence-electron chi connectivity index (χ2n) is 4.86. The number of hydrogen-bond donors (Lipinski definition) is 2. The van der Waals surface area contributed by atoms with Gasteiger partial charge in [0, 0.05) is 11.1 Å². The molecule has 1 aromatic carbocycles. The van der Waals surface area contributed by atoms with Gasteiger partial charge in [-0.15, -0.1) is 0 Å². The molecule has 116 valence electrons. The van der Waals surface area contributed by atoms with Crippen molar-refractivity contribution in [2.45, 2.75) is 30.2 Å². The van der Waals surface area contributed by atoms with E-state index >= 15 is 0 Å². The summed E-state index contributed by atoms with van der Waals surface area (Å²) in [6.45, 7) is 0. The summed E-state index contributed by atoms with van der Waals surface area (Å²) in [5, 5.41) is 8.87. The third-order valence-electron chi connectivity index (χ3n) is 3.12. The minimum Gasteiger partial charge on any atom is -0.481 e. The van der Waals surface area contributed by atoms with Crippen LogP contribution in [0.5, 0.6) is 0 Å². The molecule has 1 aliphatic rings. The summed E-state index contributed by atoms with van der Waals surface area (Å²) in [4.78, 5) is 10.6. The van der Waals surface area contributed by atoms with Gasteiger partial charge in [0.1, 0.15) is 4.90 Å². The molecule has 0 radical (unpaired) electrons. The van der Waals surface area contributed by atoms with E-state index in [2.05, 4.69) is 4.72 Å². The highest BCUT2D eigenvalue weighted by Crippen LogP contribution is 2.37. The van der Waals surface area contributed by atoms with Crippen LogP contribution in [0.3, 0.4) is 0 Å². The third kappa shape index (κ3) is 4.23. The highest BCUT2D eigenvalue weighted by molar-refractivity contribution is 7.89. The fraction of sp³-hybridized carbons (Fsp3) is 0.417. The summed E-state index contributed by atoms with van der Waals surface area (Å²) >= 11 is 17.5. The highest BCUT2D eigenvalue weighted by Gasteiger charge is 2.36. The lowest BCUT2D eigenvalue weighted by Gasteiger charge is -2.17. The van der Waals surface area contributed by atoms with E-state index in [4.69, 9.17) is 39.9 Å². The molecule has 0 amide bonds. The highest BCUT2D eigenvalue weighted by atomic mass is 35.5. The Morgan fingerprint density at radius 2 is 1.81 bits per heavy atom. The van der Waals surface area contributed by atoms with Crippen molar-refractivity contribution in [3.63, 3.8) is 0 Å². The maximum atomic E-state index is 12.4. The van der Waals surface area contributed by atoms with Crippen LogP contribution >= 0.6 is 34.8 Å². The van der Waals surface area contributed by atoms with E-state index in [9.17, 15) is 13.2 Å². The molecule has 0 heterocycles. The summed E-state index contributed by atoms with van der Waals surface area (Å²) in [7, 11) is -4.02. The lowest BCUT2D eigenvalue weighted by Crippen LogP contribution is -2.38. The van der Waals surface area contributed by atoms with Crippen LogP contribution in [0.2, 0.25) is 15.1 Å².